The Morgan fingerprint density at radius 2 is 2.00 bits per heavy atom. The smallest absolute Gasteiger partial charge is 0.105 e. The van der Waals surface area contributed by atoms with E-state index in [1.54, 1.807) is 0 Å². The van der Waals surface area contributed by atoms with Crippen LogP contribution in [0.15, 0.2) is 30.6 Å². The number of imidazole rings is 1. The summed E-state index contributed by atoms with van der Waals surface area (Å²) in [6.07, 6.45) is 3.78. The van der Waals surface area contributed by atoms with Crippen LogP contribution < -0.4 is 5.73 Å². The molecule has 17 heavy (non-hydrogen) atoms. The van der Waals surface area contributed by atoms with Gasteiger partial charge in [0.1, 0.15) is 5.82 Å². The number of rotatable bonds is 3. The Morgan fingerprint density at radius 3 is 2.59 bits per heavy atom. The molecule has 90 valence electrons. The van der Waals surface area contributed by atoms with Gasteiger partial charge >= 0.3 is 0 Å². The summed E-state index contributed by atoms with van der Waals surface area (Å²) in [5.41, 5.74) is 10.0. The van der Waals surface area contributed by atoms with E-state index in [1.807, 2.05) is 19.3 Å². The Labute approximate surface area is 102 Å². The highest BCUT2D eigenvalue weighted by Gasteiger charge is 2.08. The number of hydrogen-bond acceptors (Lipinski definition) is 2. The van der Waals surface area contributed by atoms with Crippen LogP contribution in [0.4, 0.5) is 0 Å². The zero-order valence-electron chi connectivity index (χ0n) is 10.6. The number of benzene rings is 1. The maximum Gasteiger partial charge on any atom is 0.105 e. The van der Waals surface area contributed by atoms with Crippen LogP contribution in [0, 0.1) is 20.8 Å². The van der Waals surface area contributed by atoms with Gasteiger partial charge in [0.2, 0.25) is 0 Å². The van der Waals surface area contributed by atoms with E-state index < -0.39 is 0 Å². The van der Waals surface area contributed by atoms with Crippen LogP contribution in [-0.2, 0) is 6.54 Å². The van der Waals surface area contributed by atoms with E-state index >= 15 is 0 Å². The minimum absolute atomic E-state index is 0.0159. The quantitative estimate of drug-likeness (QED) is 0.878. The van der Waals surface area contributed by atoms with Crippen LogP contribution in [-0.4, -0.2) is 9.55 Å². The summed E-state index contributed by atoms with van der Waals surface area (Å²) in [5.74, 6) is 1.00. The van der Waals surface area contributed by atoms with Gasteiger partial charge in [0, 0.05) is 25.0 Å². The highest BCUT2D eigenvalue weighted by Crippen LogP contribution is 2.17. The lowest BCUT2D eigenvalue weighted by Gasteiger charge is -2.15. The van der Waals surface area contributed by atoms with Crippen LogP contribution in [0.2, 0.25) is 0 Å². The summed E-state index contributed by atoms with van der Waals surface area (Å²) in [7, 11) is 0. The van der Waals surface area contributed by atoms with E-state index in [0.717, 1.165) is 12.4 Å². The van der Waals surface area contributed by atoms with E-state index in [4.69, 9.17) is 5.73 Å². The van der Waals surface area contributed by atoms with Crippen molar-refractivity contribution >= 4 is 0 Å². The van der Waals surface area contributed by atoms with Crippen molar-refractivity contribution in [3.05, 3.63) is 53.1 Å². The molecule has 0 saturated heterocycles. The molecule has 1 aromatic heterocycles. The number of nitrogens with two attached hydrogens (primary N) is 1. The molecule has 0 bridgehead atoms. The van der Waals surface area contributed by atoms with Gasteiger partial charge in [0.15, 0.2) is 0 Å². The van der Waals surface area contributed by atoms with Gasteiger partial charge in [-0.1, -0.05) is 18.2 Å². The molecule has 0 spiro atoms. The first-order valence-corrected chi connectivity index (χ1v) is 5.88. The third-order valence-electron chi connectivity index (χ3n) is 3.28. The lowest BCUT2D eigenvalue weighted by molar-refractivity contribution is 0.564. The highest BCUT2D eigenvalue weighted by atomic mass is 15.1. The van der Waals surface area contributed by atoms with Crippen molar-refractivity contribution in [2.24, 2.45) is 5.73 Å². The topological polar surface area (TPSA) is 43.8 Å². The van der Waals surface area contributed by atoms with Crippen molar-refractivity contribution in [1.29, 1.82) is 0 Å². The Hall–Kier alpha value is -1.61. The Balaban J connectivity index is 2.17. The third kappa shape index (κ3) is 2.56. The lowest BCUT2D eigenvalue weighted by atomic mass is 10.0. The highest BCUT2D eigenvalue weighted by molar-refractivity contribution is 5.31. The molecule has 1 heterocycles. The Kier molecular flexibility index (Phi) is 3.29. The summed E-state index contributed by atoms with van der Waals surface area (Å²) in [4.78, 5) is 4.20. The average molecular weight is 229 g/mol. The number of nitrogens with zero attached hydrogens (tertiary/aromatic N) is 2. The summed E-state index contributed by atoms with van der Waals surface area (Å²) in [6.45, 7) is 7.00. The second-order valence-corrected chi connectivity index (χ2v) is 4.58. The summed E-state index contributed by atoms with van der Waals surface area (Å²) in [6, 6.07) is 6.43. The summed E-state index contributed by atoms with van der Waals surface area (Å²) in [5, 5.41) is 0. The van der Waals surface area contributed by atoms with E-state index in [2.05, 4.69) is 41.6 Å². The standard InChI is InChI=1S/C14H19N3/c1-10-4-5-13(8-11(10)2)14(15)9-17-7-6-16-12(17)3/h4-8,14H,9,15H2,1-3H3. The molecule has 1 atom stereocenters. The maximum atomic E-state index is 6.23. The molecule has 0 amide bonds. The normalized spacial score (nSPS) is 12.7. The molecule has 3 heteroatoms. The number of aromatic nitrogens is 2. The predicted molar refractivity (Wildman–Crippen MR) is 69.8 cm³/mol. The molecule has 1 unspecified atom stereocenters. The average Bonchev–Trinajstić information content (AvgIpc) is 2.68. The van der Waals surface area contributed by atoms with Gasteiger partial charge in [-0.05, 0) is 37.5 Å². The first-order valence-electron chi connectivity index (χ1n) is 5.88. The second-order valence-electron chi connectivity index (χ2n) is 4.58. The first-order chi connectivity index (χ1) is 8.08. The van der Waals surface area contributed by atoms with Crippen LogP contribution in [0.5, 0.6) is 0 Å². The number of hydrogen-bond donors (Lipinski definition) is 1. The van der Waals surface area contributed by atoms with Gasteiger partial charge in [-0.2, -0.15) is 0 Å². The van der Waals surface area contributed by atoms with Gasteiger partial charge in [0.25, 0.3) is 0 Å². The molecule has 0 saturated carbocycles. The molecule has 0 aliphatic heterocycles. The summed E-state index contributed by atoms with van der Waals surface area (Å²) < 4.78 is 2.08. The van der Waals surface area contributed by atoms with Gasteiger partial charge in [-0.3, -0.25) is 0 Å². The summed E-state index contributed by atoms with van der Waals surface area (Å²) >= 11 is 0. The van der Waals surface area contributed by atoms with Crippen molar-refractivity contribution < 1.29 is 0 Å². The maximum absolute atomic E-state index is 6.23. The van der Waals surface area contributed by atoms with Crippen molar-refractivity contribution in [3.63, 3.8) is 0 Å². The molecule has 0 fully saturated rings. The van der Waals surface area contributed by atoms with E-state index in [0.29, 0.717) is 0 Å². The molecule has 0 radical (unpaired) electrons. The van der Waals surface area contributed by atoms with Crippen LogP contribution in [0.25, 0.3) is 0 Å². The van der Waals surface area contributed by atoms with E-state index in [1.165, 1.54) is 16.7 Å². The minimum atomic E-state index is 0.0159. The monoisotopic (exact) mass is 229 g/mol. The third-order valence-corrected chi connectivity index (χ3v) is 3.28. The van der Waals surface area contributed by atoms with Crippen molar-refractivity contribution in [3.8, 4) is 0 Å². The SMILES string of the molecule is Cc1ccc(C(N)Cn2ccnc2C)cc1C. The van der Waals surface area contributed by atoms with E-state index in [-0.39, 0.29) is 6.04 Å². The molecule has 0 aliphatic rings. The molecule has 2 aromatic rings. The van der Waals surface area contributed by atoms with Crippen LogP contribution in [0.1, 0.15) is 28.6 Å². The van der Waals surface area contributed by atoms with Crippen LogP contribution in [0.3, 0.4) is 0 Å². The molecular formula is C14H19N3. The molecule has 3 nitrogen and oxygen atoms in total. The second kappa shape index (κ2) is 4.72. The molecule has 0 aliphatic carbocycles. The van der Waals surface area contributed by atoms with Crippen LogP contribution >= 0.6 is 0 Å². The molecule has 2 rings (SSSR count). The number of aryl methyl sites for hydroxylation is 3. The van der Waals surface area contributed by atoms with Crippen molar-refractivity contribution in [2.45, 2.75) is 33.4 Å². The fraction of sp³-hybridized carbons (Fsp3) is 0.357. The van der Waals surface area contributed by atoms with Crippen molar-refractivity contribution in [2.75, 3.05) is 0 Å². The zero-order valence-corrected chi connectivity index (χ0v) is 10.6. The van der Waals surface area contributed by atoms with Gasteiger partial charge < -0.3 is 10.3 Å². The Morgan fingerprint density at radius 1 is 1.24 bits per heavy atom. The fourth-order valence-corrected chi connectivity index (χ4v) is 1.91. The fourth-order valence-electron chi connectivity index (χ4n) is 1.91. The Bertz CT molecular complexity index is 514. The molecule has 2 N–H and O–H groups in total. The largest absolute Gasteiger partial charge is 0.333 e. The van der Waals surface area contributed by atoms with Gasteiger partial charge in [-0.15, -0.1) is 0 Å². The van der Waals surface area contributed by atoms with E-state index in [9.17, 15) is 0 Å². The predicted octanol–water partition coefficient (Wildman–Crippen LogP) is 2.51. The van der Waals surface area contributed by atoms with Gasteiger partial charge in [-0.25, -0.2) is 4.98 Å². The zero-order chi connectivity index (χ0) is 12.4. The minimum Gasteiger partial charge on any atom is -0.333 e. The van der Waals surface area contributed by atoms with Gasteiger partial charge in [0.05, 0.1) is 0 Å². The molecule has 1 aromatic carbocycles. The first kappa shape index (κ1) is 11.9. The van der Waals surface area contributed by atoms with Crippen molar-refractivity contribution in [1.82, 2.24) is 9.55 Å². The lowest BCUT2D eigenvalue weighted by Crippen LogP contribution is -2.18. The molecular weight excluding hydrogens is 210 g/mol.